The van der Waals surface area contributed by atoms with Crippen LogP contribution in [0.3, 0.4) is 0 Å². The molecule has 0 heterocycles. The van der Waals surface area contributed by atoms with Gasteiger partial charge in [-0.15, -0.1) is 0 Å². The maximum absolute atomic E-state index is 13.7. The number of hydrogen-bond donors (Lipinski definition) is 0. The highest BCUT2D eigenvalue weighted by Crippen LogP contribution is 2.23. The van der Waals surface area contributed by atoms with Crippen LogP contribution in [0.15, 0.2) is 18.2 Å². The first-order valence-electron chi connectivity index (χ1n) is 6.22. The second kappa shape index (κ2) is 7.86. The third kappa shape index (κ3) is 4.29. The van der Waals surface area contributed by atoms with Crippen LogP contribution in [0.4, 0.5) is 4.39 Å². The molecule has 0 aliphatic heterocycles. The van der Waals surface area contributed by atoms with E-state index in [0.29, 0.717) is 13.2 Å². The smallest absolute Gasteiger partial charge is 0.174 e. The van der Waals surface area contributed by atoms with Gasteiger partial charge in [0.05, 0.1) is 19.1 Å². The van der Waals surface area contributed by atoms with Crippen LogP contribution < -0.4 is 4.74 Å². The van der Waals surface area contributed by atoms with Crippen molar-refractivity contribution in [2.24, 2.45) is 0 Å². The number of benzene rings is 1. The third-order valence-corrected chi connectivity index (χ3v) is 2.53. The molecule has 106 valence electrons. The van der Waals surface area contributed by atoms with Crippen LogP contribution in [-0.4, -0.2) is 32.4 Å². The van der Waals surface area contributed by atoms with E-state index in [9.17, 15) is 9.18 Å². The van der Waals surface area contributed by atoms with Crippen molar-refractivity contribution in [2.45, 2.75) is 26.6 Å². The second-order valence-corrected chi connectivity index (χ2v) is 3.78. The molecule has 1 aromatic carbocycles. The lowest BCUT2D eigenvalue weighted by atomic mass is 10.1. The van der Waals surface area contributed by atoms with Gasteiger partial charge in [-0.05, 0) is 26.0 Å². The van der Waals surface area contributed by atoms with E-state index in [2.05, 4.69) is 0 Å². The Morgan fingerprint density at radius 3 is 2.42 bits per heavy atom. The quantitative estimate of drug-likeness (QED) is 0.538. The van der Waals surface area contributed by atoms with Gasteiger partial charge in [-0.25, -0.2) is 4.39 Å². The van der Waals surface area contributed by atoms with Gasteiger partial charge in [0, 0.05) is 13.2 Å². The number of ether oxygens (including phenoxy) is 3. The Hall–Kier alpha value is -1.46. The first-order valence-corrected chi connectivity index (χ1v) is 6.22. The van der Waals surface area contributed by atoms with Crippen LogP contribution in [0.1, 0.15) is 30.6 Å². The fourth-order valence-electron chi connectivity index (χ4n) is 1.74. The molecule has 1 aromatic rings. The normalized spacial score (nSPS) is 10.8. The summed E-state index contributed by atoms with van der Waals surface area (Å²) in [7, 11) is 1.40. The molecular weight excluding hydrogens is 251 g/mol. The molecule has 0 saturated heterocycles. The Balaban J connectivity index is 2.87. The number of ketones is 1. The molecule has 0 N–H and O–H groups in total. The molecule has 5 heteroatoms. The van der Waals surface area contributed by atoms with Crippen molar-refractivity contribution in [2.75, 3.05) is 20.3 Å². The molecule has 0 unspecified atom stereocenters. The van der Waals surface area contributed by atoms with Crippen molar-refractivity contribution in [1.82, 2.24) is 0 Å². The predicted molar refractivity (Wildman–Crippen MR) is 68.9 cm³/mol. The molecule has 4 nitrogen and oxygen atoms in total. The molecule has 0 aromatic heterocycles. The Labute approximate surface area is 112 Å². The van der Waals surface area contributed by atoms with E-state index in [-0.39, 0.29) is 17.7 Å². The molecule has 0 bridgehead atoms. The SMILES string of the molecule is CCOC(CC(=O)c1c(F)cccc1OC)OCC. The van der Waals surface area contributed by atoms with E-state index in [1.807, 2.05) is 0 Å². The Kier molecular flexibility index (Phi) is 6.45. The average Bonchev–Trinajstić information content (AvgIpc) is 2.38. The summed E-state index contributed by atoms with van der Waals surface area (Å²) < 4.78 is 29.3. The minimum atomic E-state index is -0.660. The van der Waals surface area contributed by atoms with Crippen molar-refractivity contribution in [1.29, 1.82) is 0 Å². The Bertz CT molecular complexity index is 414. The van der Waals surface area contributed by atoms with Crippen LogP contribution in [0, 0.1) is 5.82 Å². The van der Waals surface area contributed by atoms with Crippen LogP contribution >= 0.6 is 0 Å². The fraction of sp³-hybridized carbons (Fsp3) is 0.500. The van der Waals surface area contributed by atoms with Crippen molar-refractivity contribution in [3.05, 3.63) is 29.6 Å². The van der Waals surface area contributed by atoms with E-state index in [4.69, 9.17) is 14.2 Å². The van der Waals surface area contributed by atoms with Gasteiger partial charge in [-0.1, -0.05) is 6.07 Å². The number of carbonyl (C=O) groups is 1. The van der Waals surface area contributed by atoms with Crippen LogP contribution in [0.25, 0.3) is 0 Å². The monoisotopic (exact) mass is 270 g/mol. The minimum absolute atomic E-state index is 0.0427. The molecule has 0 amide bonds. The molecular formula is C14H19FO4. The number of rotatable bonds is 8. The number of methoxy groups -OCH3 is 1. The maximum atomic E-state index is 13.7. The largest absolute Gasteiger partial charge is 0.496 e. The third-order valence-electron chi connectivity index (χ3n) is 2.53. The van der Waals surface area contributed by atoms with Crippen molar-refractivity contribution >= 4 is 5.78 Å². The zero-order valence-electron chi connectivity index (χ0n) is 11.4. The molecule has 0 radical (unpaired) electrons. The molecule has 0 aliphatic carbocycles. The Morgan fingerprint density at radius 1 is 1.26 bits per heavy atom. The zero-order valence-corrected chi connectivity index (χ0v) is 11.4. The van der Waals surface area contributed by atoms with E-state index < -0.39 is 17.9 Å². The summed E-state index contributed by atoms with van der Waals surface area (Å²) >= 11 is 0. The second-order valence-electron chi connectivity index (χ2n) is 3.78. The summed E-state index contributed by atoms with van der Waals surface area (Å²) in [5.74, 6) is -0.783. The summed E-state index contributed by atoms with van der Waals surface area (Å²) in [4.78, 5) is 12.1. The summed E-state index contributed by atoms with van der Waals surface area (Å²) in [6, 6.07) is 4.27. The van der Waals surface area contributed by atoms with Gasteiger partial charge in [0.1, 0.15) is 11.6 Å². The molecule has 0 atom stereocenters. The van der Waals surface area contributed by atoms with Gasteiger partial charge in [-0.2, -0.15) is 0 Å². The highest BCUT2D eigenvalue weighted by Gasteiger charge is 2.21. The molecule has 0 saturated carbocycles. The summed E-state index contributed by atoms with van der Waals surface area (Å²) in [5.41, 5.74) is -0.0607. The lowest BCUT2D eigenvalue weighted by Gasteiger charge is -2.17. The van der Waals surface area contributed by atoms with Crippen LogP contribution in [0.5, 0.6) is 5.75 Å². The zero-order chi connectivity index (χ0) is 14.3. The Morgan fingerprint density at radius 2 is 1.89 bits per heavy atom. The van der Waals surface area contributed by atoms with Crippen LogP contribution in [0.2, 0.25) is 0 Å². The van der Waals surface area contributed by atoms with E-state index in [1.54, 1.807) is 19.9 Å². The van der Waals surface area contributed by atoms with Crippen molar-refractivity contribution < 1.29 is 23.4 Å². The fourth-order valence-corrected chi connectivity index (χ4v) is 1.74. The van der Waals surface area contributed by atoms with Crippen molar-refractivity contribution in [3.8, 4) is 5.75 Å². The molecule has 19 heavy (non-hydrogen) atoms. The minimum Gasteiger partial charge on any atom is -0.496 e. The molecule has 0 aliphatic rings. The summed E-state index contributed by atoms with van der Waals surface area (Å²) in [6.45, 7) is 4.46. The number of carbonyl (C=O) groups excluding carboxylic acids is 1. The van der Waals surface area contributed by atoms with Gasteiger partial charge in [0.2, 0.25) is 0 Å². The van der Waals surface area contributed by atoms with E-state index >= 15 is 0 Å². The number of hydrogen-bond acceptors (Lipinski definition) is 4. The first-order chi connectivity index (χ1) is 9.13. The van der Waals surface area contributed by atoms with Crippen molar-refractivity contribution in [3.63, 3.8) is 0 Å². The van der Waals surface area contributed by atoms with Gasteiger partial charge in [0.15, 0.2) is 12.1 Å². The lowest BCUT2D eigenvalue weighted by molar-refractivity contribution is -0.133. The highest BCUT2D eigenvalue weighted by atomic mass is 19.1. The average molecular weight is 270 g/mol. The summed E-state index contributed by atoms with van der Waals surface area (Å²) in [6.07, 6.45) is -0.703. The van der Waals surface area contributed by atoms with Gasteiger partial charge in [-0.3, -0.25) is 4.79 Å². The molecule has 0 spiro atoms. The van der Waals surface area contributed by atoms with E-state index in [1.165, 1.54) is 19.2 Å². The first kappa shape index (κ1) is 15.6. The number of halogens is 1. The van der Waals surface area contributed by atoms with Gasteiger partial charge < -0.3 is 14.2 Å². The standard InChI is InChI=1S/C14H19FO4/c1-4-18-13(19-5-2)9-11(16)14-10(15)7-6-8-12(14)17-3/h6-8,13H,4-5,9H2,1-3H3. The van der Waals surface area contributed by atoms with E-state index in [0.717, 1.165) is 0 Å². The summed E-state index contributed by atoms with van der Waals surface area (Å²) in [5, 5.41) is 0. The van der Waals surface area contributed by atoms with Gasteiger partial charge in [0.25, 0.3) is 0 Å². The predicted octanol–water partition coefficient (Wildman–Crippen LogP) is 2.81. The highest BCUT2D eigenvalue weighted by molar-refractivity contribution is 5.99. The lowest BCUT2D eigenvalue weighted by Crippen LogP contribution is -2.22. The van der Waals surface area contributed by atoms with Gasteiger partial charge >= 0.3 is 0 Å². The maximum Gasteiger partial charge on any atom is 0.174 e. The topological polar surface area (TPSA) is 44.8 Å². The molecule has 1 rings (SSSR count). The molecule has 0 fully saturated rings. The van der Waals surface area contributed by atoms with Crippen LogP contribution in [-0.2, 0) is 9.47 Å². The number of Topliss-reactive ketones (excluding diaryl/α,β-unsaturated/α-hetero) is 1.